The zero-order chi connectivity index (χ0) is 13.0. The summed E-state index contributed by atoms with van der Waals surface area (Å²) in [6.07, 6.45) is 0. The summed E-state index contributed by atoms with van der Waals surface area (Å²) in [5.41, 5.74) is 0. The Kier molecular flexibility index (Phi) is 1.94. The average Bonchev–Trinajstić information content (AvgIpc) is 2.81. The van der Waals surface area contributed by atoms with E-state index >= 15 is 0 Å². The summed E-state index contributed by atoms with van der Waals surface area (Å²) in [4.78, 5) is 0. The van der Waals surface area contributed by atoms with Crippen molar-refractivity contribution in [2.75, 3.05) is 0 Å². The van der Waals surface area contributed by atoms with E-state index in [-0.39, 0.29) is 5.75 Å². The van der Waals surface area contributed by atoms with Gasteiger partial charge in [-0.3, -0.25) is 0 Å². The molecule has 0 radical (unpaired) electrons. The van der Waals surface area contributed by atoms with Gasteiger partial charge in [0.2, 0.25) is 0 Å². The van der Waals surface area contributed by atoms with E-state index in [1.165, 1.54) is 0 Å². The standard InChI is InChI=1S/C15H10O4/c16-11-7-3-6-10-12(11)8-4-1-2-5-9(8)13-14(10)19-15(17)18-13/h1-7,15-17H. The van der Waals surface area contributed by atoms with Gasteiger partial charge in [0, 0.05) is 16.2 Å². The molecule has 2 N–H and O–H groups in total. The number of rotatable bonds is 0. The first-order valence-corrected chi connectivity index (χ1v) is 5.93. The highest BCUT2D eigenvalue weighted by molar-refractivity contribution is 6.16. The van der Waals surface area contributed by atoms with Crippen molar-refractivity contribution >= 4 is 21.5 Å². The van der Waals surface area contributed by atoms with Crippen molar-refractivity contribution in [2.45, 2.75) is 6.48 Å². The lowest BCUT2D eigenvalue weighted by Gasteiger charge is -2.09. The van der Waals surface area contributed by atoms with E-state index in [1.807, 2.05) is 30.3 Å². The van der Waals surface area contributed by atoms with E-state index in [4.69, 9.17) is 9.47 Å². The van der Waals surface area contributed by atoms with Crippen LogP contribution in [0.1, 0.15) is 0 Å². The Balaban J connectivity index is 2.30. The predicted molar refractivity (Wildman–Crippen MR) is 70.4 cm³/mol. The largest absolute Gasteiger partial charge is 0.507 e. The molecule has 0 saturated carbocycles. The predicted octanol–water partition coefficient (Wildman–Crippen LogP) is 2.75. The van der Waals surface area contributed by atoms with Gasteiger partial charge in [-0.1, -0.05) is 36.4 Å². The van der Waals surface area contributed by atoms with Crippen LogP contribution >= 0.6 is 0 Å². The molecule has 1 unspecified atom stereocenters. The number of fused-ring (bicyclic) bond motifs is 6. The third kappa shape index (κ3) is 1.32. The first kappa shape index (κ1) is 10.5. The van der Waals surface area contributed by atoms with E-state index in [0.717, 1.165) is 16.2 Å². The van der Waals surface area contributed by atoms with E-state index in [2.05, 4.69) is 0 Å². The minimum atomic E-state index is -1.30. The zero-order valence-corrected chi connectivity index (χ0v) is 9.83. The number of phenolic OH excluding ortho intramolecular Hbond substituents is 1. The quantitative estimate of drug-likeness (QED) is 0.606. The lowest BCUT2D eigenvalue weighted by Crippen LogP contribution is -2.15. The fourth-order valence-corrected chi connectivity index (χ4v) is 2.62. The second-order valence-corrected chi connectivity index (χ2v) is 4.45. The highest BCUT2D eigenvalue weighted by Gasteiger charge is 2.28. The Labute approximate surface area is 108 Å². The van der Waals surface area contributed by atoms with Crippen LogP contribution in [-0.2, 0) is 0 Å². The Morgan fingerprint density at radius 1 is 0.789 bits per heavy atom. The summed E-state index contributed by atoms with van der Waals surface area (Å²) >= 11 is 0. The molecule has 0 saturated heterocycles. The molecule has 94 valence electrons. The zero-order valence-electron chi connectivity index (χ0n) is 9.83. The topological polar surface area (TPSA) is 58.9 Å². The van der Waals surface area contributed by atoms with Crippen LogP contribution in [-0.4, -0.2) is 16.7 Å². The third-order valence-electron chi connectivity index (χ3n) is 3.37. The normalized spacial score (nSPS) is 17.2. The van der Waals surface area contributed by atoms with E-state index < -0.39 is 6.48 Å². The molecule has 4 heteroatoms. The molecular weight excluding hydrogens is 244 g/mol. The van der Waals surface area contributed by atoms with Crippen molar-refractivity contribution in [3.8, 4) is 17.2 Å². The van der Waals surface area contributed by atoms with E-state index in [1.54, 1.807) is 12.1 Å². The number of hydrogen-bond acceptors (Lipinski definition) is 4. The third-order valence-corrected chi connectivity index (χ3v) is 3.37. The number of aliphatic hydroxyl groups excluding tert-OH is 1. The van der Waals surface area contributed by atoms with Gasteiger partial charge in [-0.2, -0.15) is 0 Å². The van der Waals surface area contributed by atoms with Crippen LogP contribution in [0.2, 0.25) is 0 Å². The number of aromatic hydroxyl groups is 1. The van der Waals surface area contributed by atoms with Gasteiger partial charge in [0.15, 0.2) is 11.5 Å². The monoisotopic (exact) mass is 254 g/mol. The van der Waals surface area contributed by atoms with Crippen LogP contribution in [0.25, 0.3) is 21.5 Å². The van der Waals surface area contributed by atoms with Crippen LogP contribution in [0.4, 0.5) is 0 Å². The van der Waals surface area contributed by atoms with Crippen molar-refractivity contribution in [1.29, 1.82) is 0 Å². The van der Waals surface area contributed by atoms with E-state index in [9.17, 15) is 10.2 Å². The van der Waals surface area contributed by atoms with Crippen LogP contribution in [0.5, 0.6) is 17.2 Å². The second-order valence-electron chi connectivity index (χ2n) is 4.45. The molecular formula is C15H10O4. The van der Waals surface area contributed by atoms with Crippen LogP contribution < -0.4 is 9.47 Å². The van der Waals surface area contributed by atoms with Crippen molar-refractivity contribution in [2.24, 2.45) is 0 Å². The fraction of sp³-hybridized carbons (Fsp3) is 0.0667. The Morgan fingerprint density at radius 2 is 1.42 bits per heavy atom. The highest BCUT2D eigenvalue weighted by Crippen LogP contribution is 2.49. The van der Waals surface area contributed by atoms with Gasteiger partial charge in [-0.25, -0.2) is 0 Å². The maximum atomic E-state index is 10.1. The molecule has 1 atom stereocenters. The van der Waals surface area contributed by atoms with Gasteiger partial charge in [-0.05, 0) is 11.5 Å². The lowest BCUT2D eigenvalue weighted by atomic mass is 9.99. The van der Waals surface area contributed by atoms with Gasteiger partial charge in [-0.15, -0.1) is 0 Å². The molecule has 0 amide bonds. The van der Waals surface area contributed by atoms with Gasteiger partial charge >= 0.3 is 6.48 Å². The van der Waals surface area contributed by atoms with Crippen molar-refractivity contribution in [3.05, 3.63) is 42.5 Å². The van der Waals surface area contributed by atoms with Crippen molar-refractivity contribution in [3.63, 3.8) is 0 Å². The molecule has 0 spiro atoms. The molecule has 4 rings (SSSR count). The smallest absolute Gasteiger partial charge is 0.358 e. The van der Waals surface area contributed by atoms with Crippen molar-refractivity contribution in [1.82, 2.24) is 0 Å². The van der Waals surface area contributed by atoms with Gasteiger partial charge < -0.3 is 19.7 Å². The molecule has 19 heavy (non-hydrogen) atoms. The summed E-state index contributed by atoms with van der Waals surface area (Å²) in [5.74, 6) is 1.17. The van der Waals surface area contributed by atoms with Crippen molar-refractivity contribution < 1.29 is 19.7 Å². The summed E-state index contributed by atoms with van der Waals surface area (Å²) in [6.45, 7) is -1.30. The SMILES string of the molecule is Oc1cccc2c3c(c4ccccc4c12)OC(O)O3. The molecule has 1 aliphatic heterocycles. The molecule has 4 nitrogen and oxygen atoms in total. The Bertz CT molecular complexity index is 810. The number of ether oxygens (including phenoxy) is 2. The maximum Gasteiger partial charge on any atom is 0.358 e. The maximum absolute atomic E-state index is 10.1. The molecule has 0 aliphatic carbocycles. The van der Waals surface area contributed by atoms with Crippen LogP contribution in [0.3, 0.4) is 0 Å². The van der Waals surface area contributed by atoms with Gasteiger partial charge in [0.05, 0.1) is 0 Å². The van der Waals surface area contributed by atoms with Gasteiger partial charge in [0.25, 0.3) is 0 Å². The average molecular weight is 254 g/mol. The van der Waals surface area contributed by atoms with Crippen LogP contribution in [0, 0.1) is 0 Å². The molecule has 0 aromatic heterocycles. The molecule has 0 fully saturated rings. The fourth-order valence-electron chi connectivity index (χ4n) is 2.62. The first-order valence-electron chi connectivity index (χ1n) is 5.93. The number of aliphatic hydroxyl groups is 1. The Morgan fingerprint density at radius 3 is 2.21 bits per heavy atom. The summed E-state index contributed by atoms with van der Waals surface area (Å²) in [6, 6.07) is 12.8. The minimum Gasteiger partial charge on any atom is -0.507 e. The second kappa shape index (κ2) is 3.52. The highest BCUT2D eigenvalue weighted by atomic mass is 16.8. The molecule has 1 heterocycles. The number of benzene rings is 3. The van der Waals surface area contributed by atoms with Gasteiger partial charge in [0.1, 0.15) is 5.75 Å². The molecule has 0 bridgehead atoms. The van der Waals surface area contributed by atoms with E-state index in [0.29, 0.717) is 16.9 Å². The van der Waals surface area contributed by atoms with Crippen LogP contribution in [0.15, 0.2) is 42.5 Å². The minimum absolute atomic E-state index is 0.182. The summed E-state index contributed by atoms with van der Waals surface area (Å²) in [5, 5.41) is 22.7. The molecule has 1 aliphatic rings. The lowest BCUT2D eigenvalue weighted by molar-refractivity contribution is -0.132. The number of hydrogen-bond donors (Lipinski definition) is 2. The summed E-state index contributed by atoms with van der Waals surface area (Å²) < 4.78 is 10.6. The Hall–Kier alpha value is -2.46. The summed E-state index contributed by atoms with van der Waals surface area (Å²) in [7, 11) is 0. The molecule has 3 aromatic rings. The number of phenols is 1. The molecule has 3 aromatic carbocycles. The first-order chi connectivity index (χ1) is 9.25.